The zero-order chi connectivity index (χ0) is 16.4. The normalized spacial score (nSPS) is 25.1. The van der Waals surface area contributed by atoms with E-state index in [2.05, 4.69) is 60.8 Å². The van der Waals surface area contributed by atoms with Crippen molar-refractivity contribution in [3.05, 3.63) is 65.2 Å². The van der Waals surface area contributed by atoms with Crippen LogP contribution in [0.25, 0.3) is 0 Å². The smallest absolute Gasteiger partial charge is 0.119 e. The molecule has 3 atom stereocenters. The van der Waals surface area contributed by atoms with E-state index in [9.17, 15) is 0 Å². The van der Waals surface area contributed by atoms with Crippen LogP contribution in [0.4, 0.5) is 0 Å². The summed E-state index contributed by atoms with van der Waals surface area (Å²) < 4.78 is 5.83. The zero-order valence-electron chi connectivity index (χ0n) is 14.5. The number of hydrogen-bond donors (Lipinski definition) is 1. The van der Waals surface area contributed by atoms with Gasteiger partial charge in [0.15, 0.2) is 0 Å². The van der Waals surface area contributed by atoms with E-state index in [0.717, 1.165) is 25.3 Å². The number of rotatable bonds is 5. The number of hydrogen-bond acceptors (Lipinski definition) is 2. The van der Waals surface area contributed by atoms with Crippen LogP contribution in [0, 0.1) is 5.92 Å². The Hall–Kier alpha value is -1.80. The van der Waals surface area contributed by atoms with Crippen molar-refractivity contribution in [2.24, 2.45) is 5.92 Å². The van der Waals surface area contributed by atoms with E-state index >= 15 is 0 Å². The Bertz CT molecular complexity index is 679. The van der Waals surface area contributed by atoms with Crippen LogP contribution < -0.4 is 10.1 Å². The predicted molar refractivity (Wildman–Crippen MR) is 98.6 cm³/mol. The zero-order valence-corrected chi connectivity index (χ0v) is 14.5. The molecule has 1 N–H and O–H groups in total. The summed E-state index contributed by atoms with van der Waals surface area (Å²) in [6, 6.07) is 18.4. The minimum Gasteiger partial charge on any atom is -0.494 e. The van der Waals surface area contributed by atoms with Crippen molar-refractivity contribution >= 4 is 0 Å². The van der Waals surface area contributed by atoms with Crippen LogP contribution in [0.15, 0.2) is 48.5 Å². The lowest BCUT2D eigenvalue weighted by molar-refractivity contribution is 0.286. The summed E-state index contributed by atoms with van der Waals surface area (Å²) in [5, 5.41) is 3.76. The van der Waals surface area contributed by atoms with Gasteiger partial charge in [0.25, 0.3) is 0 Å². The molecule has 1 fully saturated rings. The fourth-order valence-corrected chi connectivity index (χ4v) is 4.45. The molecule has 0 unspecified atom stereocenters. The first-order valence-corrected chi connectivity index (χ1v) is 9.43. The molecule has 0 amide bonds. The number of fused-ring (bicyclic) bond motifs is 3. The van der Waals surface area contributed by atoms with Crippen LogP contribution in [0.1, 0.15) is 61.3 Å². The molecule has 2 heteroatoms. The Morgan fingerprint density at radius 1 is 1.04 bits per heavy atom. The Morgan fingerprint density at radius 3 is 2.62 bits per heavy atom. The molecule has 1 aliphatic carbocycles. The number of unbranched alkanes of at least 4 members (excludes halogenated alkanes) is 1. The Balaban J connectivity index is 1.60. The van der Waals surface area contributed by atoms with E-state index in [1.165, 1.54) is 36.0 Å². The molecule has 0 bridgehead atoms. The minimum absolute atomic E-state index is 0.517. The van der Waals surface area contributed by atoms with Crippen molar-refractivity contribution < 1.29 is 4.74 Å². The van der Waals surface area contributed by atoms with Crippen LogP contribution >= 0.6 is 0 Å². The summed E-state index contributed by atoms with van der Waals surface area (Å²) >= 11 is 0. The first-order valence-electron chi connectivity index (χ1n) is 9.43. The maximum atomic E-state index is 5.83. The molecule has 126 valence electrons. The summed E-state index contributed by atoms with van der Waals surface area (Å²) in [5.74, 6) is 2.20. The van der Waals surface area contributed by atoms with E-state index in [-0.39, 0.29) is 0 Å². The van der Waals surface area contributed by atoms with Gasteiger partial charge in [0.1, 0.15) is 5.75 Å². The number of nitrogens with one attached hydrogen (secondary N) is 1. The third kappa shape index (κ3) is 2.84. The van der Waals surface area contributed by atoms with Crippen molar-refractivity contribution in [2.45, 2.75) is 44.6 Å². The Kier molecular flexibility index (Phi) is 4.57. The number of ether oxygens (including phenoxy) is 1. The number of benzene rings is 2. The van der Waals surface area contributed by atoms with E-state index in [4.69, 9.17) is 4.74 Å². The number of piperidine rings is 1. The molecule has 0 aromatic heterocycles. The van der Waals surface area contributed by atoms with Gasteiger partial charge in [-0.2, -0.15) is 0 Å². The molecule has 0 saturated carbocycles. The molecule has 2 aromatic rings. The van der Waals surface area contributed by atoms with Gasteiger partial charge >= 0.3 is 0 Å². The van der Waals surface area contributed by atoms with E-state index in [0.29, 0.717) is 17.9 Å². The van der Waals surface area contributed by atoms with Gasteiger partial charge in [0, 0.05) is 12.0 Å². The highest BCUT2D eigenvalue weighted by molar-refractivity contribution is 5.47. The monoisotopic (exact) mass is 321 g/mol. The molecule has 2 nitrogen and oxygen atoms in total. The minimum atomic E-state index is 0.517. The van der Waals surface area contributed by atoms with E-state index in [1.807, 2.05) is 0 Å². The van der Waals surface area contributed by atoms with Gasteiger partial charge in [-0.3, -0.25) is 0 Å². The predicted octanol–water partition coefficient (Wildman–Crippen LogP) is 5.05. The average Bonchev–Trinajstić information content (AvgIpc) is 2.97. The fourth-order valence-electron chi connectivity index (χ4n) is 4.45. The van der Waals surface area contributed by atoms with Crippen LogP contribution in [0.2, 0.25) is 0 Å². The van der Waals surface area contributed by atoms with Gasteiger partial charge in [-0.15, -0.1) is 0 Å². The molecule has 1 saturated heterocycles. The molecule has 0 spiro atoms. The SMILES string of the molecule is CCCCOc1ccc([C@H]2c3ccccc3[C@@H]3NCCC[C@H]23)cc1. The van der Waals surface area contributed by atoms with Crippen LogP contribution in [0.5, 0.6) is 5.75 Å². The molecule has 2 aliphatic rings. The topological polar surface area (TPSA) is 21.3 Å². The molecule has 1 aliphatic heterocycles. The molecule has 24 heavy (non-hydrogen) atoms. The van der Waals surface area contributed by atoms with Gasteiger partial charge in [-0.25, -0.2) is 0 Å². The standard InChI is InChI=1S/C22H27NO/c1-2-3-15-24-17-12-10-16(11-13-17)21-18-7-4-5-8-19(18)22-20(21)9-6-14-23-22/h4-5,7-8,10-13,20-23H,2-3,6,9,14-15H2,1H3/t20-,21+,22+/m1/s1. The lowest BCUT2D eigenvalue weighted by Gasteiger charge is -2.31. The summed E-state index contributed by atoms with van der Waals surface area (Å²) in [5.41, 5.74) is 4.46. The second-order valence-corrected chi connectivity index (χ2v) is 7.12. The Labute approximate surface area is 145 Å². The summed E-state index contributed by atoms with van der Waals surface area (Å²) in [6.07, 6.45) is 4.88. The molecule has 0 radical (unpaired) electrons. The van der Waals surface area contributed by atoms with Crippen LogP contribution in [-0.4, -0.2) is 13.2 Å². The van der Waals surface area contributed by atoms with Crippen molar-refractivity contribution in [1.29, 1.82) is 0 Å². The van der Waals surface area contributed by atoms with Crippen molar-refractivity contribution in [3.8, 4) is 5.75 Å². The molecular weight excluding hydrogens is 294 g/mol. The Morgan fingerprint density at radius 2 is 1.83 bits per heavy atom. The quantitative estimate of drug-likeness (QED) is 0.778. The summed E-state index contributed by atoms with van der Waals surface area (Å²) in [6.45, 7) is 4.15. The van der Waals surface area contributed by atoms with Crippen LogP contribution in [0.3, 0.4) is 0 Å². The van der Waals surface area contributed by atoms with Gasteiger partial charge in [-0.1, -0.05) is 49.7 Å². The second-order valence-electron chi connectivity index (χ2n) is 7.12. The highest BCUT2D eigenvalue weighted by atomic mass is 16.5. The molecule has 2 aromatic carbocycles. The van der Waals surface area contributed by atoms with Gasteiger partial charge in [0.05, 0.1) is 6.61 Å². The first kappa shape index (κ1) is 15.7. The molecule has 1 heterocycles. The van der Waals surface area contributed by atoms with Crippen molar-refractivity contribution in [2.75, 3.05) is 13.2 Å². The summed E-state index contributed by atoms with van der Waals surface area (Å²) in [4.78, 5) is 0. The maximum Gasteiger partial charge on any atom is 0.119 e. The highest BCUT2D eigenvalue weighted by Gasteiger charge is 2.41. The molecule has 4 rings (SSSR count). The largest absolute Gasteiger partial charge is 0.494 e. The van der Waals surface area contributed by atoms with Gasteiger partial charge in [-0.05, 0) is 60.5 Å². The lowest BCUT2D eigenvalue weighted by atomic mass is 9.80. The lowest BCUT2D eigenvalue weighted by Crippen LogP contribution is -2.32. The summed E-state index contributed by atoms with van der Waals surface area (Å²) in [7, 11) is 0. The average molecular weight is 321 g/mol. The fraction of sp³-hybridized carbons (Fsp3) is 0.455. The first-order chi connectivity index (χ1) is 11.9. The van der Waals surface area contributed by atoms with E-state index in [1.54, 1.807) is 0 Å². The van der Waals surface area contributed by atoms with Crippen molar-refractivity contribution in [1.82, 2.24) is 5.32 Å². The third-order valence-electron chi connectivity index (χ3n) is 5.61. The third-order valence-corrected chi connectivity index (χ3v) is 5.61. The van der Waals surface area contributed by atoms with Gasteiger partial charge < -0.3 is 10.1 Å². The highest BCUT2D eigenvalue weighted by Crippen LogP contribution is 2.51. The second kappa shape index (κ2) is 6.98. The molecular formula is C22H27NO. The van der Waals surface area contributed by atoms with Gasteiger partial charge in [0.2, 0.25) is 0 Å². The van der Waals surface area contributed by atoms with Crippen LogP contribution in [-0.2, 0) is 0 Å². The van der Waals surface area contributed by atoms with Crippen molar-refractivity contribution in [3.63, 3.8) is 0 Å². The maximum absolute atomic E-state index is 5.83. The van der Waals surface area contributed by atoms with E-state index < -0.39 is 0 Å².